The van der Waals surface area contributed by atoms with Gasteiger partial charge in [-0.25, -0.2) is 4.79 Å². The van der Waals surface area contributed by atoms with Crippen molar-refractivity contribution in [3.63, 3.8) is 0 Å². The molecule has 1 atom stereocenters. The third-order valence-electron chi connectivity index (χ3n) is 3.65. The molecule has 0 heterocycles. The summed E-state index contributed by atoms with van der Waals surface area (Å²) in [5.41, 5.74) is 5.24. The van der Waals surface area contributed by atoms with Gasteiger partial charge in [0.1, 0.15) is 5.60 Å². The summed E-state index contributed by atoms with van der Waals surface area (Å²) in [4.78, 5) is 12.0. The van der Waals surface area contributed by atoms with Crippen LogP contribution in [-0.4, -0.2) is 35.0 Å². The molecular weight excluding hydrogens is 244 g/mol. The third-order valence-corrected chi connectivity index (χ3v) is 3.65. The highest BCUT2D eigenvalue weighted by atomic mass is 16.6. The van der Waals surface area contributed by atoms with E-state index in [2.05, 4.69) is 5.32 Å². The molecule has 1 aliphatic carbocycles. The second-order valence-corrected chi connectivity index (χ2v) is 6.46. The minimum Gasteiger partial charge on any atom is -0.444 e. The average Bonchev–Trinajstić information content (AvgIpc) is 2.27. The number of hydrogen-bond acceptors (Lipinski definition) is 4. The Morgan fingerprint density at radius 2 is 1.95 bits per heavy atom. The van der Waals surface area contributed by atoms with Crippen LogP contribution in [0.1, 0.15) is 59.3 Å². The number of nitrogens with two attached hydrogens (primary N) is 1. The molecule has 1 unspecified atom stereocenters. The van der Waals surface area contributed by atoms with E-state index >= 15 is 0 Å². The predicted octanol–water partition coefficient (Wildman–Crippen LogP) is 1.92. The van der Waals surface area contributed by atoms with Gasteiger partial charge in [-0.1, -0.05) is 19.3 Å². The van der Waals surface area contributed by atoms with E-state index in [4.69, 9.17) is 15.6 Å². The van der Waals surface area contributed by atoms with Gasteiger partial charge in [-0.3, -0.25) is 0 Å². The highest BCUT2D eigenvalue weighted by Gasteiger charge is 2.39. The number of alkyl carbamates (subject to hydrolysis) is 1. The SMILES string of the molecule is CC(C)(C)OC(=O)NC1(C(N)CCO)CCCCC1. The van der Waals surface area contributed by atoms with Gasteiger partial charge in [0.25, 0.3) is 0 Å². The maximum atomic E-state index is 12.0. The highest BCUT2D eigenvalue weighted by molar-refractivity contribution is 5.69. The van der Waals surface area contributed by atoms with Crippen LogP contribution in [0.2, 0.25) is 0 Å². The lowest BCUT2D eigenvalue weighted by Crippen LogP contribution is -2.61. The van der Waals surface area contributed by atoms with Gasteiger partial charge in [0.15, 0.2) is 0 Å². The Bertz CT molecular complexity index is 294. The lowest BCUT2D eigenvalue weighted by molar-refractivity contribution is 0.0385. The van der Waals surface area contributed by atoms with Gasteiger partial charge in [0.05, 0.1) is 5.54 Å². The Labute approximate surface area is 115 Å². The molecule has 0 aromatic carbocycles. The first-order chi connectivity index (χ1) is 8.79. The molecule has 1 amide bonds. The zero-order valence-electron chi connectivity index (χ0n) is 12.4. The molecule has 1 aliphatic rings. The van der Waals surface area contributed by atoms with Gasteiger partial charge in [0.2, 0.25) is 0 Å². The van der Waals surface area contributed by atoms with E-state index in [0.717, 1.165) is 25.7 Å². The molecule has 1 fully saturated rings. The van der Waals surface area contributed by atoms with E-state index in [-0.39, 0.29) is 12.6 Å². The fraction of sp³-hybridized carbons (Fsp3) is 0.929. The van der Waals surface area contributed by atoms with Crippen LogP contribution in [0, 0.1) is 0 Å². The quantitative estimate of drug-likeness (QED) is 0.730. The molecule has 1 rings (SSSR count). The molecule has 0 aliphatic heterocycles. The minimum atomic E-state index is -0.513. The van der Waals surface area contributed by atoms with Gasteiger partial charge < -0.3 is 20.9 Å². The van der Waals surface area contributed by atoms with Crippen LogP contribution in [0.15, 0.2) is 0 Å². The number of ether oxygens (including phenoxy) is 1. The Morgan fingerprint density at radius 3 is 2.42 bits per heavy atom. The lowest BCUT2D eigenvalue weighted by atomic mass is 9.75. The highest BCUT2D eigenvalue weighted by Crippen LogP contribution is 2.31. The molecule has 5 nitrogen and oxygen atoms in total. The zero-order chi connectivity index (χ0) is 14.5. The van der Waals surface area contributed by atoms with E-state index in [1.54, 1.807) is 0 Å². The zero-order valence-corrected chi connectivity index (χ0v) is 12.4. The fourth-order valence-corrected chi connectivity index (χ4v) is 2.69. The van der Waals surface area contributed by atoms with Crippen LogP contribution in [0.3, 0.4) is 0 Å². The second kappa shape index (κ2) is 6.57. The molecule has 5 heteroatoms. The van der Waals surface area contributed by atoms with Gasteiger partial charge in [-0.15, -0.1) is 0 Å². The standard InChI is InChI=1S/C14H28N2O3/c1-13(2,3)19-12(18)16-14(11(15)7-10-17)8-5-4-6-9-14/h11,17H,4-10,15H2,1-3H3,(H,16,18). The minimum absolute atomic E-state index is 0.0406. The summed E-state index contributed by atoms with van der Waals surface area (Å²) in [6.45, 7) is 5.56. The van der Waals surface area contributed by atoms with E-state index in [0.29, 0.717) is 6.42 Å². The van der Waals surface area contributed by atoms with Crippen LogP contribution < -0.4 is 11.1 Å². The normalized spacial score (nSPS) is 20.7. The molecule has 0 aromatic heterocycles. The van der Waals surface area contributed by atoms with Crippen molar-refractivity contribution in [2.45, 2.75) is 76.5 Å². The van der Waals surface area contributed by atoms with E-state index in [9.17, 15) is 4.79 Å². The van der Waals surface area contributed by atoms with Crippen molar-refractivity contribution in [1.82, 2.24) is 5.32 Å². The van der Waals surface area contributed by atoms with Crippen LogP contribution in [0.25, 0.3) is 0 Å². The summed E-state index contributed by atoms with van der Waals surface area (Å²) < 4.78 is 5.33. The molecule has 0 bridgehead atoms. The number of nitrogens with one attached hydrogen (secondary N) is 1. The maximum Gasteiger partial charge on any atom is 0.408 e. The molecule has 0 aromatic rings. The van der Waals surface area contributed by atoms with Crippen LogP contribution >= 0.6 is 0 Å². The first kappa shape index (κ1) is 16.2. The van der Waals surface area contributed by atoms with Crippen molar-refractivity contribution in [2.24, 2.45) is 5.73 Å². The number of aliphatic hydroxyl groups excluding tert-OH is 1. The van der Waals surface area contributed by atoms with Crippen LogP contribution in [0.4, 0.5) is 4.79 Å². The summed E-state index contributed by atoms with van der Waals surface area (Å²) in [6.07, 6.45) is 5.06. The largest absolute Gasteiger partial charge is 0.444 e. The molecular formula is C14H28N2O3. The number of amides is 1. The molecule has 4 N–H and O–H groups in total. The first-order valence-electron chi connectivity index (χ1n) is 7.17. The maximum absolute atomic E-state index is 12.0. The summed E-state index contributed by atoms with van der Waals surface area (Å²) >= 11 is 0. The molecule has 1 saturated carbocycles. The van der Waals surface area contributed by atoms with Crippen molar-refractivity contribution >= 4 is 6.09 Å². The monoisotopic (exact) mass is 272 g/mol. The predicted molar refractivity (Wildman–Crippen MR) is 74.9 cm³/mol. The van der Waals surface area contributed by atoms with Gasteiger partial charge in [0, 0.05) is 12.6 Å². The van der Waals surface area contributed by atoms with E-state index in [1.807, 2.05) is 20.8 Å². The number of hydrogen-bond donors (Lipinski definition) is 3. The smallest absolute Gasteiger partial charge is 0.408 e. The Kier molecular flexibility index (Phi) is 5.62. The lowest BCUT2D eigenvalue weighted by Gasteiger charge is -2.42. The summed E-state index contributed by atoms with van der Waals surface area (Å²) in [5, 5.41) is 12.1. The fourth-order valence-electron chi connectivity index (χ4n) is 2.69. The van der Waals surface area contributed by atoms with Crippen molar-refractivity contribution < 1.29 is 14.6 Å². The van der Waals surface area contributed by atoms with Crippen molar-refractivity contribution in [2.75, 3.05) is 6.61 Å². The number of carbonyl (C=O) groups is 1. The molecule has 0 spiro atoms. The third kappa shape index (κ3) is 4.99. The van der Waals surface area contributed by atoms with E-state index in [1.165, 1.54) is 6.42 Å². The summed E-state index contributed by atoms with van der Waals surface area (Å²) in [7, 11) is 0. The second-order valence-electron chi connectivity index (χ2n) is 6.46. The molecule has 0 saturated heterocycles. The number of rotatable bonds is 4. The Morgan fingerprint density at radius 1 is 1.37 bits per heavy atom. The number of aliphatic hydroxyl groups is 1. The van der Waals surface area contributed by atoms with E-state index < -0.39 is 17.2 Å². The molecule has 19 heavy (non-hydrogen) atoms. The Hall–Kier alpha value is -0.810. The van der Waals surface area contributed by atoms with Crippen molar-refractivity contribution in [3.8, 4) is 0 Å². The summed E-state index contributed by atoms with van der Waals surface area (Å²) in [6, 6.07) is -0.231. The molecule has 112 valence electrons. The molecule has 0 radical (unpaired) electrons. The number of carbonyl (C=O) groups excluding carboxylic acids is 1. The topological polar surface area (TPSA) is 84.6 Å². The van der Waals surface area contributed by atoms with Crippen molar-refractivity contribution in [3.05, 3.63) is 0 Å². The Balaban J connectivity index is 2.71. The van der Waals surface area contributed by atoms with Crippen LogP contribution in [-0.2, 0) is 4.74 Å². The average molecular weight is 272 g/mol. The van der Waals surface area contributed by atoms with Gasteiger partial charge in [-0.05, 0) is 40.0 Å². The van der Waals surface area contributed by atoms with Gasteiger partial charge >= 0.3 is 6.09 Å². The first-order valence-corrected chi connectivity index (χ1v) is 7.17. The summed E-state index contributed by atoms with van der Waals surface area (Å²) in [5.74, 6) is 0. The van der Waals surface area contributed by atoms with Crippen LogP contribution in [0.5, 0.6) is 0 Å². The van der Waals surface area contributed by atoms with Crippen molar-refractivity contribution in [1.29, 1.82) is 0 Å². The van der Waals surface area contributed by atoms with Gasteiger partial charge in [-0.2, -0.15) is 0 Å².